The SMILES string of the molecule is N=CC(=N)S(O)(O)c1cccc2ncsc12. The van der Waals surface area contributed by atoms with Crippen LogP contribution in [-0.2, 0) is 0 Å². The summed E-state index contributed by atoms with van der Waals surface area (Å²) in [6.07, 6.45) is 0.648. The Morgan fingerprint density at radius 1 is 1.44 bits per heavy atom. The third-order valence-corrected chi connectivity index (χ3v) is 4.75. The number of aromatic nitrogens is 1. The van der Waals surface area contributed by atoms with E-state index in [-0.39, 0.29) is 4.90 Å². The van der Waals surface area contributed by atoms with Crippen molar-refractivity contribution in [2.75, 3.05) is 0 Å². The average Bonchev–Trinajstić information content (AvgIpc) is 2.75. The molecule has 0 atom stereocenters. The van der Waals surface area contributed by atoms with E-state index in [0.717, 1.165) is 0 Å². The fourth-order valence-corrected chi connectivity index (χ4v) is 3.51. The van der Waals surface area contributed by atoms with Crippen molar-refractivity contribution < 1.29 is 9.11 Å². The number of thiazole rings is 1. The van der Waals surface area contributed by atoms with Crippen molar-refractivity contribution >= 4 is 43.4 Å². The Bertz CT molecular complexity index is 565. The van der Waals surface area contributed by atoms with Crippen LogP contribution in [0.5, 0.6) is 0 Å². The molecule has 2 rings (SSSR count). The predicted octanol–water partition coefficient (Wildman–Crippen LogP) is 3.03. The van der Waals surface area contributed by atoms with Crippen LogP contribution in [0.4, 0.5) is 0 Å². The van der Waals surface area contributed by atoms with Crippen LogP contribution in [-0.4, -0.2) is 25.3 Å². The van der Waals surface area contributed by atoms with E-state index in [9.17, 15) is 9.11 Å². The first-order chi connectivity index (χ1) is 7.57. The molecule has 1 aromatic heterocycles. The van der Waals surface area contributed by atoms with Gasteiger partial charge in [-0.3, -0.25) is 14.5 Å². The zero-order chi connectivity index (χ0) is 11.8. The van der Waals surface area contributed by atoms with Gasteiger partial charge >= 0.3 is 0 Å². The van der Waals surface area contributed by atoms with Gasteiger partial charge < -0.3 is 5.41 Å². The normalized spacial score (nSPS) is 12.6. The van der Waals surface area contributed by atoms with Gasteiger partial charge in [0.2, 0.25) is 0 Å². The van der Waals surface area contributed by atoms with Gasteiger partial charge in [-0.2, -0.15) is 0 Å². The molecule has 0 saturated heterocycles. The molecule has 0 amide bonds. The van der Waals surface area contributed by atoms with E-state index >= 15 is 0 Å². The van der Waals surface area contributed by atoms with E-state index < -0.39 is 15.6 Å². The summed E-state index contributed by atoms with van der Waals surface area (Å²) in [6, 6.07) is 4.97. The van der Waals surface area contributed by atoms with Crippen molar-refractivity contribution in [2.45, 2.75) is 4.90 Å². The minimum Gasteiger partial charge on any atom is -0.305 e. The first-order valence-corrected chi connectivity index (χ1v) is 6.69. The molecule has 0 aliphatic carbocycles. The quantitative estimate of drug-likeness (QED) is 0.490. The average molecular weight is 255 g/mol. The summed E-state index contributed by atoms with van der Waals surface area (Å²) in [5.74, 6) is 0. The topological polar surface area (TPSA) is 101 Å². The third-order valence-electron chi connectivity index (χ3n) is 2.06. The molecule has 0 fully saturated rings. The number of rotatable bonds is 2. The van der Waals surface area contributed by atoms with Gasteiger partial charge in [0.15, 0.2) is 5.04 Å². The first-order valence-electron chi connectivity index (χ1n) is 4.27. The molecule has 0 aliphatic rings. The number of hydrogen-bond donors (Lipinski definition) is 4. The van der Waals surface area contributed by atoms with Crippen molar-refractivity contribution in [3.05, 3.63) is 23.7 Å². The van der Waals surface area contributed by atoms with Crippen LogP contribution in [0.1, 0.15) is 0 Å². The van der Waals surface area contributed by atoms with Crippen LogP contribution in [0.15, 0.2) is 28.6 Å². The highest BCUT2D eigenvalue weighted by Crippen LogP contribution is 2.51. The largest absolute Gasteiger partial charge is 0.305 e. The highest BCUT2D eigenvalue weighted by molar-refractivity contribution is 8.38. The Hall–Kier alpha value is -1.28. The third kappa shape index (κ3) is 1.63. The predicted molar refractivity (Wildman–Crippen MR) is 67.2 cm³/mol. The van der Waals surface area contributed by atoms with Gasteiger partial charge in [-0.15, -0.1) is 21.9 Å². The van der Waals surface area contributed by atoms with Crippen molar-refractivity contribution in [1.82, 2.24) is 4.98 Å². The lowest BCUT2D eigenvalue weighted by atomic mass is 10.3. The summed E-state index contributed by atoms with van der Waals surface area (Å²) in [7, 11) is -3.37. The number of nitrogens with zero attached hydrogens (tertiary/aromatic N) is 1. The Balaban J connectivity index is 2.67. The second-order valence-electron chi connectivity index (χ2n) is 3.01. The van der Waals surface area contributed by atoms with E-state index in [2.05, 4.69) is 4.98 Å². The smallest absolute Gasteiger partial charge is 0.162 e. The minimum absolute atomic E-state index is 0.265. The molecule has 0 radical (unpaired) electrons. The molecule has 0 unspecified atom stereocenters. The fraction of sp³-hybridized carbons (Fsp3) is 0. The zero-order valence-electron chi connectivity index (χ0n) is 8.04. The lowest BCUT2D eigenvalue weighted by molar-refractivity contribution is 0.505. The maximum Gasteiger partial charge on any atom is 0.162 e. The van der Waals surface area contributed by atoms with Crippen LogP contribution in [0.2, 0.25) is 0 Å². The molecular formula is C9H9N3O2S2. The first kappa shape index (κ1) is 11.2. The second-order valence-corrected chi connectivity index (χ2v) is 5.85. The van der Waals surface area contributed by atoms with Crippen molar-refractivity contribution in [2.24, 2.45) is 0 Å². The molecule has 0 spiro atoms. The summed E-state index contributed by atoms with van der Waals surface area (Å²) in [5.41, 5.74) is 2.28. The van der Waals surface area contributed by atoms with Crippen molar-refractivity contribution in [1.29, 1.82) is 10.8 Å². The zero-order valence-corrected chi connectivity index (χ0v) is 9.68. The van der Waals surface area contributed by atoms with Gasteiger partial charge in [-0.05, 0) is 12.1 Å². The summed E-state index contributed by atoms with van der Waals surface area (Å²) < 4.78 is 20.5. The molecule has 0 aliphatic heterocycles. The molecule has 0 bridgehead atoms. The molecule has 7 heteroatoms. The van der Waals surface area contributed by atoms with E-state index in [0.29, 0.717) is 16.4 Å². The van der Waals surface area contributed by atoms with E-state index in [1.54, 1.807) is 23.7 Å². The van der Waals surface area contributed by atoms with Crippen molar-refractivity contribution in [3.8, 4) is 0 Å². The van der Waals surface area contributed by atoms with Gasteiger partial charge in [0.25, 0.3) is 0 Å². The number of nitrogens with one attached hydrogen (secondary N) is 2. The molecule has 84 valence electrons. The monoisotopic (exact) mass is 255 g/mol. The van der Waals surface area contributed by atoms with Crippen LogP contribution in [0, 0.1) is 10.8 Å². The maximum absolute atomic E-state index is 9.91. The highest BCUT2D eigenvalue weighted by Gasteiger charge is 2.23. The van der Waals surface area contributed by atoms with Crippen LogP contribution in [0.25, 0.3) is 10.2 Å². The minimum atomic E-state index is -3.37. The Morgan fingerprint density at radius 3 is 2.88 bits per heavy atom. The number of fused-ring (bicyclic) bond motifs is 1. The van der Waals surface area contributed by atoms with Gasteiger partial charge in [0.05, 0.1) is 26.8 Å². The highest BCUT2D eigenvalue weighted by atomic mass is 32.3. The Morgan fingerprint density at radius 2 is 2.19 bits per heavy atom. The lowest BCUT2D eigenvalue weighted by Gasteiger charge is -2.30. The summed E-state index contributed by atoms with van der Waals surface area (Å²) in [4.78, 5) is 4.32. The molecule has 1 heterocycles. The van der Waals surface area contributed by atoms with E-state index in [1.165, 1.54) is 11.3 Å². The van der Waals surface area contributed by atoms with Gasteiger partial charge in [-0.1, -0.05) is 6.07 Å². The van der Waals surface area contributed by atoms with E-state index in [1.807, 2.05) is 0 Å². The molecule has 16 heavy (non-hydrogen) atoms. The molecule has 5 nitrogen and oxygen atoms in total. The molecule has 4 N–H and O–H groups in total. The van der Waals surface area contributed by atoms with E-state index in [4.69, 9.17) is 10.8 Å². The Labute approximate surface area is 97.1 Å². The van der Waals surface area contributed by atoms with Crippen molar-refractivity contribution in [3.63, 3.8) is 0 Å². The van der Waals surface area contributed by atoms with Crippen LogP contribution < -0.4 is 0 Å². The Kier molecular flexibility index (Phi) is 2.76. The molecule has 1 aromatic carbocycles. The fourth-order valence-electron chi connectivity index (χ4n) is 1.28. The standard InChI is InChI=1S/C9H9N3O2S2/c10-4-8(11)16(13,14)7-3-1-2-6-9(7)15-5-12-6/h1-5,10-11,13-14H. The summed E-state index contributed by atoms with van der Waals surface area (Å²) in [5, 5.41) is 13.8. The summed E-state index contributed by atoms with van der Waals surface area (Å²) >= 11 is 1.29. The molecular weight excluding hydrogens is 246 g/mol. The van der Waals surface area contributed by atoms with Gasteiger partial charge in [0, 0.05) is 0 Å². The lowest BCUT2D eigenvalue weighted by Crippen LogP contribution is -2.11. The molecule has 0 saturated carbocycles. The second kappa shape index (κ2) is 3.95. The van der Waals surface area contributed by atoms with Gasteiger partial charge in [-0.25, -0.2) is 4.98 Å². The maximum atomic E-state index is 9.91. The van der Waals surface area contributed by atoms with Gasteiger partial charge in [0.1, 0.15) is 0 Å². The molecule has 2 aromatic rings. The number of hydrogen-bond acceptors (Lipinski definition) is 6. The van der Waals surface area contributed by atoms with Crippen LogP contribution in [0.3, 0.4) is 0 Å². The summed E-state index contributed by atoms with van der Waals surface area (Å²) in [6.45, 7) is 0. The number of benzene rings is 1. The van der Waals surface area contributed by atoms with Crippen LogP contribution >= 0.6 is 21.9 Å².